The van der Waals surface area contributed by atoms with Crippen molar-refractivity contribution in [1.29, 1.82) is 0 Å². The van der Waals surface area contributed by atoms with Gasteiger partial charge in [0.2, 0.25) is 0 Å². The van der Waals surface area contributed by atoms with Crippen LogP contribution in [0.25, 0.3) is 0 Å². The van der Waals surface area contributed by atoms with Gasteiger partial charge in [-0.25, -0.2) is 9.36 Å². The maximum Gasteiger partial charge on any atom is 0.459 e. The number of rotatable bonds is 10. The van der Waals surface area contributed by atoms with Crippen LogP contribution < -0.4 is 20.9 Å². The number of carbonyl (C=O) groups excluding carboxylic acids is 1. The maximum absolute atomic E-state index is 13.5. The molecule has 0 spiro atoms. The van der Waals surface area contributed by atoms with Gasteiger partial charge in [0.25, 0.3) is 5.56 Å². The summed E-state index contributed by atoms with van der Waals surface area (Å²) in [7, 11) is -4.15. The summed E-state index contributed by atoms with van der Waals surface area (Å²) in [6.07, 6.45) is -1.90. The molecule has 0 radical (unpaired) electrons. The van der Waals surface area contributed by atoms with E-state index in [-0.39, 0.29) is 24.9 Å². The minimum atomic E-state index is -4.15. The first-order valence-corrected chi connectivity index (χ1v) is 12.6. The van der Waals surface area contributed by atoms with Crippen molar-refractivity contribution in [2.24, 2.45) is 0 Å². The lowest BCUT2D eigenvalue weighted by Gasteiger charge is -2.25. The lowest BCUT2D eigenvalue weighted by Crippen LogP contribution is -2.37. The monoisotopic (exact) mass is 511 g/mol. The summed E-state index contributed by atoms with van der Waals surface area (Å²) < 4.78 is 36.7. The Hall–Kier alpha value is -2.76. The first-order chi connectivity index (χ1) is 16.5. The first-order valence-electron chi connectivity index (χ1n) is 11.1. The predicted octanol–water partition coefficient (Wildman–Crippen LogP) is 1.63. The van der Waals surface area contributed by atoms with E-state index in [4.69, 9.17) is 18.5 Å². The van der Waals surface area contributed by atoms with E-state index < -0.39 is 49.4 Å². The summed E-state index contributed by atoms with van der Waals surface area (Å²) >= 11 is 0. The zero-order valence-electron chi connectivity index (χ0n) is 19.9. The van der Waals surface area contributed by atoms with E-state index in [0.29, 0.717) is 5.56 Å². The summed E-state index contributed by atoms with van der Waals surface area (Å²) in [5.74, 6) is -0.417. The number of aliphatic hydroxyl groups excluding tert-OH is 1. The Morgan fingerprint density at radius 3 is 2.63 bits per heavy atom. The van der Waals surface area contributed by atoms with Crippen molar-refractivity contribution in [2.75, 3.05) is 6.61 Å². The third-order valence-corrected chi connectivity index (χ3v) is 6.74. The number of aliphatic hydroxyl groups is 1. The highest BCUT2D eigenvalue weighted by molar-refractivity contribution is 7.52. The van der Waals surface area contributed by atoms with Crippen LogP contribution in [0.5, 0.6) is 5.75 Å². The van der Waals surface area contributed by atoms with Gasteiger partial charge in [0.15, 0.2) is 0 Å². The Balaban J connectivity index is 1.73. The van der Waals surface area contributed by atoms with Crippen molar-refractivity contribution >= 4 is 13.7 Å². The molecule has 5 atom stereocenters. The number of nitrogens with one attached hydrogen (secondary N) is 2. The van der Waals surface area contributed by atoms with E-state index in [2.05, 4.69) is 10.1 Å². The molecule has 1 aromatic carbocycles. The molecule has 192 valence electrons. The largest absolute Gasteiger partial charge is 0.462 e. The number of nitrogens with zero attached hydrogens (tertiary/aromatic N) is 1. The highest BCUT2D eigenvalue weighted by Gasteiger charge is 2.39. The molecular weight excluding hydrogens is 481 g/mol. The van der Waals surface area contributed by atoms with Crippen LogP contribution in [0.2, 0.25) is 0 Å². The van der Waals surface area contributed by atoms with Gasteiger partial charge in [-0.1, -0.05) is 18.2 Å². The van der Waals surface area contributed by atoms with Gasteiger partial charge in [-0.3, -0.25) is 23.7 Å². The molecule has 0 aliphatic carbocycles. The number of aromatic nitrogens is 2. The summed E-state index contributed by atoms with van der Waals surface area (Å²) in [5, 5.41) is 13.0. The molecule has 13 heteroatoms. The average molecular weight is 511 g/mol. The van der Waals surface area contributed by atoms with Gasteiger partial charge in [-0.15, -0.1) is 0 Å². The van der Waals surface area contributed by atoms with Crippen molar-refractivity contribution in [2.45, 2.75) is 64.7 Å². The fourth-order valence-electron chi connectivity index (χ4n) is 3.34. The molecule has 3 N–H and O–H groups in total. The summed E-state index contributed by atoms with van der Waals surface area (Å²) in [6.45, 7) is 5.99. The van der Waals surface area contributed by atoms with Gasteiger partial charge in [0.1, 0.15) is 24.1 Å². The average Bonchev–Trinajstić information content (AvgIpc) is 3.15. The molecule has 3 rings (SSSR count). The zero-order chi connectivity index (χ0) is 25.8. The topological polar surface area (TPSA) is 158 Å². The second kappa shape index (κ2) is 11.3. The lowest BCUT2D eigenvalue weighted by molar-refractivity contribution is -0.149. The molecule has 2 aromatic rings. The minimum absolute atomic E-state index is 0.0355. The van der Waals surface area contributed by atoms with Gasteiger partial charge in [0.05, 0.1) is 18.8 Å². The number of aromatic amines is 1. The van der Waals surface area contributed by atoms with Gasteiger partial charge in [-0.2, -0.15) is 5.09 Å². The van der Waals surface area contributed by atoms with E-state index in [1.165, 1.54) is 24.6 Å². The van der Waals surface area contributed by atoms with Crippen molar-refractivity contribution in [3.63, 3.8) is 0 Å². The van der Waals surface area contributed by atoms with Crippen LogP contribution in [0.1, 0.15) is 39.0 Å². The highest BCUT2D eigenvalue weighted by atomic mass is 31.2. The number of benzene rings is 1. The van der Waals surface area contributed by atoms with Crippen LogP contribution in [0.3, 0.4) is 0 Å². The molecule has 0 saturated carbocycles. The molecule has 35 heavy (non-hydrogen) atoms. The van der Waals surface area contributed by atoms with Crippen LogP contribution in [0.4, 0.5) is 0 Å². The summed E-state index contributed by atoms with van der Waals surface area (Å²) in [4.78, 5) is 38.2. The van der Waals surface area contributed by atoms with E-state index >= 15 is 0 Å². The summed E-state index contributed by atoms with van der Waals surface area (Å²) in [6, 6.07) is 7.20. The Morgan fingerprint density at radius 1 is 1.29 bits per heavy atom. The van der Waals surface area contributed by atoms with Gasteiger partial charge in [-0.05, 0) is 39.8 Å². The molecule has 1 aromatic heterocycles. The first kappa shape index (κ1) is 26.8. The third kappa shape index (κ3) is 7.12. The van der Waals surface area contributed by atoms with Gasteiger partial charge >= 0.3 is 19.4 Å². The number of H-pyrrole nitrogens is 1. The van der Waals surface area contributed by atoms with Crippen LogP contribution in [-0.2, 0) is 23.4 Å². The second-order valence-electron chi connectivity index (χ2n) is 8.44. The number of esters is 1. The fourth-order valence-corrected chi connectivity index (χ4v) is 4.84. The molecule has 2 unspecified atom stereocenters. The maximum atomic E-state index is 13.5. The molecule has 1 aliphatic heterocycles. The van der Waals surface area contributed by atoms with Crippen molar-refractivity contribution in [1.82, 2.24) is 14.6 Å². The Labute approximate surface area is 201 Å². The predicted molar refractivity (Wildman–Crippen MR) is 125 cm³/mol. The van der Waals surface area contributed by atoms with Gasteiger partial charge < -0.3 is 19.1 Å². The molecular formula is C22H30N3O9P. The number of carbonyl (C=O) groups is 1. The van der Waals surface area contributed by atoms with E-state index in [0.717, 1.165) is 0 Å². The van der Waals surface area contributed by atoms with Gasteiger partial charge in [0, 0.05) is 18.2 Å². The van der Waals surface area contributed by atoms with Crippen LogP contribution in [0.15, 0.2) is 46.1 Å². The van der Waals surface area contributed by atoms with Crippen molar-refractivity contribution in [3.05, 3.63) is 62.9 Å². The molecule has 0 bridgehead atoms. The molecule has 1 fully saturated rings. The third-order valence-electron chi connectivity index (χ3n) is 5.10. The molecule has 12 nitrogen and oxygen atoms in total. The number of aryl methyl sites for hydroxylation is 1. The van der Waals surface area contributed by atoms with Crippen LogP contribution in [0, 0.1) is 6.92 Å². The van der Waals surface area contributed by atoms with Crippen molar-refractivity contribution in [3.8, 4) is 5.75 Å². The van der Waals surface area contributed by atoms with E-state index in [9.17, 15) is 24.1 Å². The Morgan fingerprint density at radius 2 is 1.97 bits per heavy atom. The highest BCUT2D eigenvalue weighted by Crippen LogP contribution is 2.45. The smallest absolute Gasteiger partial charge is 0.459 e. The Bertz CT molecular complexity index is 1180. The van der Waals surface area contributed by atoms with E-state index in [1.54, 1.807) is 44.2 Å². The quantitative estimate of drug-likeness (QED) is 0.316. The lowest BCUT2D eigenvalue weighted by atomic mass is 10.2. The zero-order valence-corrected chi connectivity index (χ0v) is 20.8. The van der Waals surface area contributed by atoms with E-state index in [1.807, 2.05) is 0 Å². The number of hydrogen-bond acceptors (Lipinski definition) is 9. The SMILES string of the molecule is Cc1cn([C@H]2C[C@@H](O)C(COP(=O)(N[C@H](C)C(=O)OC(C)C)Oc3ccccc3)O2)c(=O)[nH]c1=O. The fraction of sp³-hybridized carbons (Fsp3) is 0.500. The summed E-state index contributed by atoms with van der Waals surface area (Å²) in [5.41, 5.74) is -0.897. The minimum Gasteiger partial charge on any atom is -0.462 e. The number of para-hydroxylation sites is 1. The van der Waals surface area contributed by atoms with Crippen molar-refractivity contribution < 1.29 is 33.0 Å². The molecule has 1 saturated heterocycles. The van der Waals surface area contributed by atoms with Crippen LogP contribution >= 0.6 is 7.75 Å². The standard InChI is InChI=1S/C22H30N3O9P/c1-13(2)32-21(28)15(4)24-35(30,34-16-8-6-5-7-9-16)31-12-18-17(26)10-19(33-18)25-11-14(3)20(27)23-22(25)29/h5-9,11,13,15,17-19,26H,10,12H2,1-4H3,(H,24,30)(H,23,27,29)/t15-,17-,18?,19-,35?/m1/s1. The normalized spacial score (nSPS) is 22.5. The molecule has 2 heterocycles. The number of ether oxygens (including phenoxy) is 2. The van der Waals surface area contributed by atoms with Crippen LogP contribution in [-0.4, -0.2) is 51.6 Å². The molecule has 0 amide bonds. The number of hydrogen-bond donors (Lipinski definition) is 3. The molecule has 1 aliphatic rings. The Kier molecular flexibility index (Phi) is 8.68. The second-order valence-corrected chi connectivity index (χ2v) is 10.1.